The van der Waals surface area contributed by atoms with Gasteiger partial charge in [0.15, 0.2) is 0 Å². The number of carbonyl (C=O) groups is 2. The highest BCUT2D eigenvalue weighted by atomic mass is 35.5. The van der Waals surface area contributed by atoms with Gasteiger partial charge in [0.1, 0.15) is 6.04 Å². The molecule has 0 radical (unpaired) electrons. The van der Waals surface area contributed by atoms with Gasteiger partial charge in [-0.2, -0.15) is 0 Å². The lowest BCUT2D eigenvalue weighted by Gasteiger charge is -2.12. The van der Waals surface area contributed by atoms with Crippen LogP contribution in [0.3, 0.4) is 0 Å². The first kappa shape index (κ1) is 16.3. The van der Waals surface area contributed by atoms with E-state index >= 15 is 0 Å². The van der Waals surface area contributed by atoms with Gasteiger partial charge in [0.2, 0.25) is 5.91 Å². The highest BCUT2D eigenvalue weighted by Gasteiger charge is 2.21. The number of hydrogen-bond acceptors (Lipinski definition) is 5. The summed E-state index contributed by atoms with van der Waals surface area (Å²) < 4.78 is 0. The van der Waals surface area contributed by atoms with Crippen LogP contribution in [0.4, 0.5) is 5.69 Å². The first-order chi connectivity index (χ1) is 9.31. The molecule has 7 nitrogen and oxygen atoms in total. The molecular weight excluding hydrogens is 308 g/mol. The SMILES string of the molecule is CC(=O)N[C@@H](CSc1ccc(Cl)cc1[N+](=O)[O-])C(=O)O. The van der Waals surface area contributed by atoms with E-state index in [9.17, 15) is 19.7 Å². The Labute approximate surface area is 123 Å². The van der Waals surface area contributed by atoms with Gasteiger partial charge >= 0.3 is 5.97 Å². The zero-order chi connectivity index (χ0) is 15.3. The summed E-state index contributed by atoms with van der Waals surface area (Å²) in [6.07, 6.45) is 0. The minimum absolute atomic E-state index is 0.0304. The van der Waals surface area contributed by atoms with Gasteiger partial charge in [0, 0.05) is 23.8 Å². The highest BCUT2D eigenvalue weighted by Crippen LogP contribution is 2.31. The van der Waals surface area contributed by atoms with Crippen molar-refractivity contribution in [1.82, 2.24) is 5.32 Å². The molecular formula is C11H11ClN2O5S. The summed E-state index contributed by atoms with van der Waals surface area (Å²) in [6.45, 7) is 1.20. The van der Waals surface area contributed by atoms with Crippen LogP contribution in [0.25, 0.3) is 0 Å². The minimum atomic E-state index is -1.20. The van der Waals surface area contributed by atoms with E-state index in [1.807, 2.05) is 0 Å². The lowest BCUT2D eigenvalue weighted by Crippen LogP contribution is -2.41. The van der Waals surface area contributed by atoms with E-state index in [1.165, 1.54) is 25.1 Å². The second kappa shape index (κ2) is 7.11. The average molecular weight is 319 g/mol. The Bertz CT molecular complexity index is 552. The summed E-state index contributed by atoms with van der Waals surface area (Å²) in [6, 6.07) is 2.99. The lowest BCUT2D eigenvalue weighted by molar-refractivity contribution is -0.387. The fraction of sp³-hybridized carbons (Fsp3) is 0.273. The van der Waals surface area contributed by atoms with Crippen molar-refractivity contribution in [3.8, 4) is 0 Å². The summed E-state index contributed by atoms with van der Waals surface area (Å²) in [5.41, 5.74) is -0.200. The van der Waals surface area contributed by atoms with Crippen LogP contribution < -0.4 is 5.32 Å². The Morgan fingerprint density at radius 2 is 2.20 bits per heavy atom. The number of nitro benzene ring substituents is 1. The number of carboxylic acid groups (broad SMARTS) is 1. The standard InChI is InChI=1S/C11H11ClN2O5S/c1-6(15)13-8(11(16)17)5-20-10-3-2-7(12)4-9(10)14(18)19/h2-4,8H,5H2,1H3,(H,13,15)(H,16,17)/t8-/m0/s1. The van der Waals surface area contributed by atoms with E-state index in [1.54, 1.807) is 0 Å². The van der Waals surface area contributed by atoms with Crippen LogP contribution in [-0.2, 0) is 9.59 Å². The number of halogens is 1. The second-order valence-electron chi connectivity index (χ2n) is 3.77. The number of benzene rings is 1. The molecule has 0 aliphatic heterocycles. The zero-order valence-corrected chi connectivity index (χ0v) is 11.9. The van der Waals surface area contributed by atoms with Gasteiger partial charge in [-0.05, 0) is 12.1 Å². The molecule has 1 aromatic rings. The minimum Gasteiger partial charge on any atom is -0.480 e. The smallest absolute Gasteiger partial charge is 0.327 e. The number of thioether (sulfide) groups is 1. The maximum atomic E-state index is 10.9. The molecule has 1 amide bonds. The Balaban J connectivity index is 2.85. The molecule has 0 heterocycles. The molecule has 0 fully saturated rings. The fourth-order valence-electron chi connectivity index (χ4n) is 1.35. The first-order valence-corrected chi connectivity index (χ1v) is 6.74. The Morgan fingerprint density at radius 3 is 2.70 bits per heavy atom. The molecule has 9 heteroatoms. The van der Waals surface area contributed by atoms with Gasteiger partial charge < -0.3 is 10.4 Å². The molecule has 0 bridgehead atoms. The van der Waals surface area contributed by atoms with Crippen molar-refractivity contribution >= 4 is 40.9 Å². The fourth-order valence-corrected chi connectivity index (χ4v) is 2.53. The lowest BCUT2D eigenvalue weighted by atomic mass is 10.3. The van der Waals surface area contributed by atoms with Crippen molar-refractivity contribution in [2.75, 3.05) is 5.75 Å². The van der Waals surface area contributed by atoms with Crippen LogP contribution >= 0.6 is 23.4 Å². The van der Waals surface area contributed by atoms with Crippen molar-refractivity contribution in [2.24, 2.45) is 0 Å². The third-order valence-corrected chi connectivity index (χ3v) is 3.59. The molecule has 0 unspecified atom stereocenters. The van der Waals surface area contributed by atoms with Crippen LogP contribution in [-0.4, -0.2) is 33.7 Å². The van der Waals surface area contributed by atoms with Gasteiger partial charge in [0.05, 0.1) is 9.82 Å². The molecule has 0 aliphatic carbocycles. The Morgan fingerprint density at radius 1 is 1.55 bits per heavy atom. The van der Waals surface area contributed by atoms with Crippen LogP contribution in [0.5, 0.6) is 0 Å². The molecule has 108 valence electrons. The van der Waals surface area contributed by atoms with E-state index < -0.39 is 22.8 Å². The van der Waals surface area contributed by atoms with E-state index in [-0.39, 0.29) is 21.4 Å². The molecule has 1 aromatic carbocycles. The van der Waals surface area contributed by atoms with Crippen LogP contribution in [0, 0.1) is 10.1 Å². The summed E-state index contributed by atoms with van der Waals surface area (Å²) in [5.74, 6) is -1.72. The predicted molar refractivity (Wildman–Crippen MR) is 74.1 cm³/mol. The molecule has 1 rings (SSSR count). The van der Waals surface area contributed by atoms with E-state index in [0.717, 1.165) is 11.8 Å². The Kier molecular flexibility index (Phi) is 5.78. The van der Waals surface area contributed by atoms with Gasteiger partial charge in [-0.25, -0.2) is 4.79 Å². The van der Waals surface area contributed by atoms with Gasteiger partial charge in [-0.15, -0.1) is 11.8 Å². The monoisotopic (exact) mass is 318 g/mol. The maximum Gasteiger partial charge on any atom is 0.327 e. The Hall–Kier alpha value is -1.80. The molecule has 1 atom stereocenters. The molecule has 0 saturated heterocycles. The van der Waals surface area contributed by atoms with Crippen molar-refractivity contribution in [1.29, 1.82) is 0 Å². The molecule has 0 aliphatic rings. The summed E-state index contributed by atoms with van der Waals surface area (Å²) in [4.78, 5) is 32.4. The number of aliphatic carboxylic acids is 1. The number of rotatable bonds is 6. The zero-order valence-electron chi connectivity index (χ0n) is 10.3. The first-order valence-electron chi connectivity index (χ1n) is 5.38. The number of nitrogens with one attached hydrogen (secondary N) is 1. The normalized spacial score (nSPS) is 11.7. The average Bonchev–Trinajstić information content (AvgIpc) is 2.34. The number of hydrogen-bond donors (Lipinski definition) is 2. The predicted octanol–water partition coefficient (Wildman–Crippen LogP) is 1.93. The second-order valence-corrected chi connectivity index (χ2v) is 5.27. The molecule has 0 aromatic heterocycles. The quantitative estimate of drug-likeness (QED) is 0.471. The topological polar surface area (TPSA) is 110 Å². The molecule has 2 N–H and O–H groups in total. The van der Waals surface area contributed by atoms with Crippen molar-refractivity contribution < 1.29 is 19.6 Å². The highest BCUT2D eigenvalue weighted by molar-refractivity contribution is 7.99. The van der Waals surface area contributed by atoms with Crippen molar-refractivity contribution in [2.45, 2.75) is 17.9 Å². The number of carbonyl (C=O) groups excluding carboxylic acids is 1. The van der Waals surface area contributed by atoms with E-state index in [0.29, 0.717) is 0 Å². The van der Waals surface area contributed by atoms with Crippen molar-refractivity contribution in [3.05, 3.63) is 33.3 Å². The molecule has 0 spiro atoms. The summed E-state index contributed by atoms with van der Waals surface area (Å²) in [5, 5.41) is 22.3. The molecule has 20 heavy (non-hydrogen) atoms. The number of nitrogens with zero attached hydrogens (tertiary/aromatic N) is 1. The molecule has 0 saturated carbocycles. The van der Waals surface area contributed by atoms with Crippen LogP contribution in [0.1, 0.15) is 6.92 Å². The van der Waals surface area contributed by atoms with E-state index in [2.05, 4.69) is 5.32 Å². The van der Waals surface area contributed by atoms with Crippen molar-refractivity contribution in [3.63, 3.8) is 0 Å². The number of nitro groups is 1. The van der Waals surface area contributed by atoms with Crippen LogP contribution in [0.2, 0.25) is 5.02 Å². The number of amides is 1. The van der Waals surface area contributed by atoms with Crippen LogP contribution in [0.15, 0.2) is 23.1 Å². The summed E-state index contributed by atoms with van der Waals surface area (Å²) >= 11 is 6.64. The van der Waals surface area contributed by atoms with Gasteiger partial charge in [-0.1, -0.05) is 11.6 Å². The third-order valence-electron chi connectivity index (χ3n) is 2.20. The van der Waals surface area contributed by atoms with E-state index in [4.69, 9.17) is 16.7 Å². The maximum absolute atomic E-state index is 10.9. The van der Waals surface area contributed by atoms with Gasteiger partial charge in [-0.3, -0.25) is 14.9 Å². The third kappa shape index (κ3) is 4.71. The largest absolute Gasteiger partial charge is 0.480 e. The van der Waals surface area contributed by atoms with Gasteiger partial charge in [0.25, 0.3) is 5.69 Å². The summed E-state index contributed by atoms with van der Waals surface area (Å²) in [7, 11) is 0. The number of carboxylic acids is 1.